The normalized spacial score (nSPS) is 15.6. The van der Waals surface area contributed by atoms with Crippen molar-refractivity contribution in [2.45, 2.75) is 24.3 Å². The first-order valence-electron chi connectivity index (χ1n) is 4.30. The molecule has 0 spiro atoms. The Morgan fingerprint density at radius 3 is 2.14 bits per heavy atom. The Bertz CT molecular complexity index is 350. The van der Waals surface area contributed by atoms with E-state index in [0.717, 1.165) is 0 Å². The second-order valence-corrected chi connectivity index (χ2v) is 4.61. The summed E-state index contributed by atoms with van der Waals surface area (Å²) in [5, 5.41) is 19.1. The molecule has 0 saturated carbocycles. The highest BCUT2D eigenvalue weighted by atomic mass is 35.5. The quantitative estimate of drug-likeness (QED) is 0.601. The van der Waals surface area contributed by atoms with Gasteiger partial charge in [-0.3, -0.25) is 0 Å². The fourth-order valence-electron chi connectivity index (χ4n) is 1.22. The average molecular weight is 210 g/mol. The molecule has 0 aliphatic rings. The number of aliphatic hydroxyl groups is 1. The molecule has 1 aromatic carbocycles. The van der Waals surface area contributed by atoms with Crippen LogP contribution in [0, 0.1) is 11.3 Å². The minimum Gasteiger partial charge on any atom is -0.370 e. The molecule has 0 amide bonds. The van der Waals surface area contributed by atoms with Gasteiger partial charge in [-0.1, -0.05) is 30.3 Å². The smallest absolute Gasteiger partial charge is 0.195 e. The number of halogens is 1. The molecule has 1 rings (SSSR count). The number of benzene rings is 1. The Morgan fingerprint density at radius 2 is 1.79 bits per heavy atom. The molecule has 0 radical (unpaired) electrons. The molecule has 3 heteroatoms. The number of hydrogen-bond acceptors (Lipinski definition) is 2. The molecule has 1 unspecified atom stereocenters. The van der Waals surface area contributed by atoms with E-state index in [-0.39, 0.29) is 0 Å². The Kier molecular flexibility index (Phi) is 2.84. The molecule has 0 heterocycles. The van der Waals surface area contributed by atoms with E-state index < -0.39 is 10.5 Å². The molecular formula is C11H12ClNO. The molecule has 14 heavy (non-hydrogen) atoms. The van der Waals surface area contributed by atoms with Crippen LogP contribution in [0.5, 0.6) is 0 Å². The van der Waals surface area contributed by atoms with Crippen molar-refractivity contribution in [1.29, 1.82) is 5.26 Å². The van der Waals surface area contributed by atoms with Crippen LogP contribution < -0.4 is 0 Å². The molecule has 0 aromatic heterocycles. The first-order chi connectivity index (χ1) is 6.42. The van der Waals surface area contributed by atoms with Gasteiger partial charge in [-0.15, -0.1) is 11.6 Å². The lowest BCUT2D eigenvalue weighted by molar-refractivity contribution is 0.0620. The van der Waals surface area contributed by atoms with Crippen molar-refractivity contribution in [1.82, 2.24) is 0 Å². The van der Waals surface area contributed by atoms with Crippen molar-refractivity contribution >= 4 is 11.6 Å². The van der Waals surface area contributed by atoms with E-state index in [2.05, 4.69) is 0 Å². The highest BCUT2D eigenvalue weighted by Crippen LogP contribution is 2.36. The molecular weight excluding hydrogens is 198 g/mol. The van der Waals surface area contributed by atoms with Crippen LogP contribution in [0.15, 0.2) is 30.3 Å². The van der Waals surface area contributed by atoms with Crippen LogP contribution in [0.1, 0.15) is 19.4 Å². The maximum Gasteiger partial charge on any atom is 0.195 e. The van der Waals surface area contributed by atoms with Crippen LogP contribution in [-0.4, -0.2) is 9.98 Å². The van der Waals surface area contributed by atoms with Gasteiger partial charge in [-0.2, -0.15) is 5.26 Å². The molecule has 74 valence electrons. The molecule has 0 bridgehead atoms. The third kappa shape index (κ3) is 1.75. The second kappa shape index (κ2) is 3.61. The molecule has 0 aliphatic carbocycles. The minimum absolute atomic E-state index is 0.516. The SMILES string of the molecule is CC(C)(Cl)C(O)(C#N)c1ccccc1. The van der Waals surface area contributed by atoms with Gasteiger partial charge in [-0.25, -0.2) is 0 Å². The average Bonchev–Trinajstić information content (AvgIpc) is 2.16. The zero-order chi connectivity index (χ0) is 10.8. The molecule has 1 N–H and O–H groups in total. The summed E-state index contributed by atoms with van der Waals surface area (Å²) >= 11 is 6.00. The number of hydrogen-bond donors (Lipinski definition) is 1. The van der Waals surface area contributed by atoms with Crippen molar-refractivity contribution in [3.63, 3.8) is 0 Å². The van der Waals surface area contributed by atoms with Gasteiger partial charge in [0.25, 0.3) is 0 Å². The van der Waals surface area contributed by atoms with E-state index in [9.17, 15) is 5.11 Å². The van der Waals surface area contributed by atoms with E-state index in [4.69, 9.17) is 16.9 Å². The number of nitrogens with zero attached hydrogens (tertiary/aromatic N) is 1. The van der Waals surface area contributed by atoms with E-state index in [1.807, 2.05) is 12.1 Å². The zero-order valence-electron chi connectivity index (χ0n) is 8.16. The third-order valence-corrected chi connectivity index (χ3v) is 2.49. The van der Waals surface area contributed by atoms with Crippen molar-refractivity contribution in [3.8, 4) is 6.07 Å². The van der Waals surface area contributed by atoms with Crippen LogP contribution in [-0.2, 0) is 5.60 Å². The standard InChI is InChI=1S/C11H12ClNO/c1-10(2,12)11(14,8-13)9-6-4-3-5-7-9/h3-7,14H,1-2H3. The predicted octanol–water partition coefficient (Wildman–Crippen LogP) is 2.42. The summed E-state index contributed by atoms with van der Waals surface area (Å²) in [6.07, 6.45) is 0. The fraction of sp³-hybridized carbons (Fsp3) is 0.364. The van der Waals surface area contributed by atoms with Gasteiger partial charge in [0.05, 0.1) is 4.87 Å². The van der Waals surface area contributed by atoms with E-state index in [1.54, 1.807) is 38.1 Å². The molecule has 1 aromatic rings. The number of nitriles is 1. The highest BCUT2D eigenvalue weighted by Gasteiger charge is 2.44. The van der Waals surface area contributed by atoms with Crippen LogP contribution in [0.4, 0.5) is 0 Å². The monoisotopic (exact) mass is 209 g/mol. The van der Waals surface area contributed by atoms with Crippen LogP contribution in [0.3, 0.4) is 0 Å². The van der Waals surface area contributed by atoms with Crippen LogP contribution in [0.2, 0.25) is 0 Å². The van der Waals surface area contributed by atoms with Gasteiger partial charge >= 0.3 is 0 Å². The molecule has 1 atom stereocenters. The van der Waals surface area contributed by atoms with E-state index in [1.165, 1.54) is 0 Å². The summed E-state index contributed by atoms with van der Waals surface area (Å²) in [4.78, 5) is -1.02. The number of rotatable bonds is 2. The molecule has 0 aliphatic heterocycles. The van der Waals surface area contributed by atoms with Gasteiger partial charge in [0.2, 0.25) is 0 Å². The Labute approximate surface area is 88.7 Å². The summed E-state index contributed by atoms with van der Waals surface area (Å²) in [7, 11) is 0. The zero-order valence-corrected chi connectivity index (χ0v) is 8.92. The Balaban J connectivity index is 3.25. The van der Waals surface area contributed by atoms with Gasteiger partial charge < -0.3 is 5.11 Å². The molecule has 0 fully saturated rings. The predicted molar refractivity (Wildman–Crippen MR) is 55.9 cm³/mol. The maximum atomic E-state index is 10.1. The summed E-state index contributed by atoms with van der Waals surface area (Å²) in [5.74, 6) is 0. The van der Waals surface area contributed by atoms with Gasteiger partial charge in [0, 0.05) is 0 Å². The van der Waals surface area contributed by atoms with Crippen molar-refractivity contribution in [2.75, 3.05) is 0 Å². The van der Waals surface area contributed by atoms with Crippen molar-refractivity contribution in [2.24, 2.45) is 0 Å². The lowest BCUT2D eigenvalue weighted by Gasteiger charge is -2.32. The molecule has 2 nitrogen and oxygen atoms in total. The van der Waals surface area contributed by atoms with Crippen molar-refractivity contribution < 1.29 is 5.11 Å². The van der Waals surface area contributed by atoms with Crippen LogP contribution >= 0.6 is 11.6 Å². The van der Waals surface area contributed by atoms with Gasteiger partial charge in [0.15, 0.2) is 5.60 Å². The fourth-order valence-corrected chi connectivity index (χ4v) is 1.37. The first-order valence-corrected chi connectivity index (χ1v) is 4.67. The minimum atomic E-state index is -1.66. The lowest BCUT2D eigenvalue weighted by atomic mass is 9.84. The molecule has 0 saturated heterocycles. The van der Waals surface area contributed by atoms with E-state index >= 15 is 0 Å². The lowest BCUT2D eigenvalue weighted by Crippen LogP contribution is -2.42. The Hall–Kier alpha value is -1.04. The highest BCUT2D eigenvalue weighted by molar-refractivity contribution is 6.24. The summed E-state index contributed by atoms with van der Waals surface area (Å²) in [6.45, 7) is 3.23. The summed E-state index contributed by atoms with van der Waals surface area (Å²) in [6, 6.07) is 10.6. The van der Waals surface area contributed by atoms with Gasteiger partial charge in [0.1, 0.15) is 6.07 Å². The first kappa shape index (κ1) is 11.0. The number of alkyl halides is 1. The van der Waals surface area contributed by atoms with Crippen molar-refractivity contribution in [3.05, 3.63) is 35.9 Å². The summed E-state index contributed by atoms with van der Waals surface area (Å²) in [5.41, 5.74) is -1.14. The second-order valence-electron chi connectivity index (χ2n) is 3.66. The van der Waals surface area contributed by atoms with E-state index in [0.29, 0.717) is 5.56 Å². The topological polar surface area (TPSA) is 44.0 Å². The summed E-state index contributed by atoms with van der Waals surface area (Å²) < 4.78 is 0. The maximum absolute atomic E-state index is 10.1. The Morgan fingerprint density at radius 1 is 1.29 bits per heavy atom. The third-order valence-electron chi connectivity index (χ3n) is 2.21. The van der Waals surface area contributed by atoms with Crippen LogP contribution in [0.25, 0.3) is 0 Å². The largest absolute Gasteiger partial charge is 0.370 e. The van der Waals surface area contributed by atoms with Gasteiger partial charge in [-0.05, 0) is 19.4 Å².